The fraction of sp³-hybridized carbons (Fsp3) is 0.941. The van der Waals surface area contributed by atoms with E-state index in [2.05, 4.69) is 24.1 Å². The van der Waals surface area contributed by atoms with Crippen molar-refractivity contribution in [1.82, 2.24) is 10.2 Å². The molecule has 0 spiro atoms. The minimum absolute atomic E-state index is 0.108. The van der Waals surface area contributed by atoms with Crippen molar-refractivity contribution < 1.29 is 9.90 Å². The molecule has 1 atom stereocenters. The third-order valence-electron chi connectivity index (χ3n) is 5.15. The number of piperidine rings is 1. The Morgan fingerprint density at radius 1 is 1.33 bits per heavy atom. The Labute approximate surface area is 129 Å². The number of β-amino-alcohol motifs (C(OH)–C–C–N with tert-alkyl or cyclic N) is 1. The normalized spacial score (nSPS) is 34.6. The molecule has 0 aromatic rings. The van der Waals surface area contributed by atoms with Crippen LogP contribution in [0.5, 0.6) is 0 Å². The fourth-order valence-electron chi connectivity index (χ4n) is 3.68. The van der Waals surface area contributed by atoms with E-state index in [0.717, 1.165) is 77.0 Å². The molecule has 0 radical (unpaired) electrons. The number of aliphatic hydroxyl groups is 1. The van der Waals surface area contributed by atoms with Crippen LogP contribution in [0.2, 0.25) is 0 Å². The predicted octanol–water partition coefficient (Wildman–Crippen LogP) is 2.17. The smallest absolute Gasteiger partial charge is 0.224 e. The summed E-state index contributed by atoms with van der Waals surface area (Å²) >= 11 is 0. The number of rotatable bonds is 5. The lowest BCUT2D eigenvalue weighted by molar-refractivity contribution is -0.127. The molecule has 4 nitrogen and oxygen atoms in total. The monoisotopic (exact) mass is 296 g/mol. The van der Waals surface area contributed by atoms with Crippen LogP contribution in [0, 0.1) is 11.8 Å². The van der Waals surface area contributed by atoms with Gasteiger partial charge in [-0.15, -0.1) is 0 Å². The first-order chi connectivity index (χ1) is 10.0. The summed E-state index contributed by atoms with van der Waals surface area (Å²) in [5.74, 6) is 1.06. The summed E-state index contributed by atoms with van der Waals surface area (Å²) < 4.78 is 0. The Balaban J connectivity index is 1.82. The minimum atomic E-state index is -0.520. The maximum absolute atomic E-state index is 12.1. The topological polar surface area (TPSA) is 52.6 Å². The highest BCUT2D eigenvalue weighted by Crippen LogP contribution is 2.33. The zero-order chi connectivity index (χ0) is 15.3. The van der Waals surface area contributed by atoms with Crippen LogP contribution >= 0.6 is 0 Å². The first kappa shape index (κ1) is 16.8. The lowest BCUT2D eigenvalue weighted by Crippen LogP contribution is -2.50. The Morgan fingerprint density at radius 3 is 2.71 bits per heavy atom. The molecular formula is C17H32N2O2. The van der Waals surface area contributed by atoms with Gasteiger partial charge in [0, 0.05) is 19.6 Å². The first-order valence-electron chi connectivity index (χ1n) is 8.75. The second kappa shape index (κ2) is 7.59. The second-order valence-corrected chi connectivity index (χ2v) is 7.27. The Kier molecular flexibility index (Phi) is 6.06. The van der Waals surface area contributed by atoms with Crippen LogP contribution in [0.4, 0.5) is 0 Å². The van der Waals surface area contributed by atoms with Crippen molar-refractivity contribution in [3.63, 3.8) is 0 Å². The standard InChI is InChI=1S/C17H32N2O2/c1-3-10-18-16(20)15-5-4-11-19(12-15)13-17(21)8-6-14(2)7-9-17/h14-15,21H,3-13H2,1-2H3,(H,18,20). The molecule has 1 heterocycles. The number of amides is 1. The highest BCUT2D eigenvalue weighted by atomic mass is 16.3. The molecule has 0 bridgehead atoms. The van der Waals surface area contributed by atoms with E-state index in [1.807, 2.05) is 0 Å². The van der Waals surface area contributed by atoms with E-state index < -0.39 is 5.60 Å². The van der Waals surface area contributed by atoms with E-state index in [1.54, 1.807) is 0 Å². The molecule has 21 heavy (non-hydrogen) atoms. The van der Waals surface area contributed by atoms with Crippen molar-refractivity contribution >= 4 is 5.91 Å². The van der Waals surface area contributed by atoms with Gasteiger partial charge in [-0.1, -0.05) is 13.8 Å². The SMILES string of the molecule is CCCNC(=O)C1CCCN(CC2(O)CCC(C)CC2)C1. The van der Waals surface area contributed by atoms with E-state index in [-0.39, 0.29) is 11.8 Å². The maximum Gasteiger partial charge on any atom is 0.224 e. The van der Waals surface area contributed by atoms with Crippen molar-refractivity contribution in [3.8, 4) is 0 Å². The molecule has 1 aliphatic heterocycles. The van der Waals surface area contributed by atoms with Gasteiger partial charge in [-0.3, -0.25) is 9.69 Å². The number of carbonyl (C=O) groups excluding carboxylic acids is 1. The largest absolute Gasteiger partial charge is 0.389 e. The van der Waals surface area contributed by atoms with Gasteiger partial charge in [-0.25, -0.2) is 0 Å². The number of nitrogens with one attached hydrogen (secondary N) is 1. The van der Waals surface area contributed by atoms with Gasteiger partial charge in [0.1, 0.15) is 0 Å². The van der Waals surface area contributed by atoms with Gasteiger partial charge in [0.15, 0.2) is 0 Å². The number of hydrogen-bond acceptors (Lipinski definition) is 3. The minimum Gasteiger partial charge on any atom is -0.389 e. The molecule has 122 valence electrons. The molecule has 0 aromatic carbocycles. The highest BCUT2D eigenvalue weighted by molar-refractivity contribution is 5.78. The molecular weight excluding hydrogens is 264 g/mol. The van der Waals surface area contributed by atoms with E-state index >= 15 is 0 Å². The van der Waals surface area contributed by atoms with Crippen LogP contribution in [0.1, 0.15) is 58.8 Å². The van der Waals surface area contributed by atoms with Gasteiger partial charge >= 0.3 is 0 Å². The summed E-state index contributed by atoms with van der Waals surface area (Å²) in [6, 6.07) is 0. The molecule has 2 rings (SSSR count). The van der Waals surface area contributed by atoms with Crippen LogP contribution in [0.15, 0.2) is 0 Å². The lowest BCUT2D eigenvalue weighted by atomic mass is 9.79. The molecule has 1 unspecified atom stereocenters. The van der Waals surface area contributed by atoms with Crippen molar-refractivity contribution in [1.29, 1.82) is 0 Å². The van der Waals surface area contributed by atoms with E-state index in [0.29, 0.717) is 0 Å². The van der Waals surface area contributed by atoms with Crippen molar-refractivity contribution in [2.45, 2.75) is 64.4 Å². The van der Waals surface area contributed by atoms with Crippen molar-refractivity contribution in [2.75, 3.05) is 26.2 Å². The van der Waals surface area contributed by atoms with Gasteiger partial charge < -0.3 is 10.4 Å². The summed E-state index contributed by atoms with van der Waals surface area (Å²) in [5, 5.41) is 13.8. The molecule has 2 N–H and O–H groups in total. The van der Waals surface area contributed by atoms with Gasteiger partial charge in [0.25, 0.3) is 0 Å². The van der Waals surface area contributed by atoms with Crippen LogP contribution in [0.3, 0.4) is 0 Å². The molecule has 2 aliphatic rings. The summed E-state index contributed by atoms with van der Waals surface area (Å²) in [6.07, 6.45) is 7.13. The molecule has 1 saturated carbocycles. The first-order valence-corrected chi connectivity index (χ1v) is 8.75. The fourth-order valence-corrected chi connectivity index (χ4v) is 3.68. The zero-order valence-corrected chi connectivity index (χ0v) is 13.7. The van der Waals surface area contributed by atoms with Crippen LogP contribution in [0.25, 0.3) is 0 Å². The Morgan fingerprint density at radius 2 is 2.05 bits per heavy atom. The number of likely N-dealkylation sites (tertiary alicyclic amines) is 1. The van der Waals surface area contributed by atoms with E-state index in [9.17, 15) is 9.90 Å². The summed E-state index contributed by atoms with van der Waals surface area (Å²) in [5.41, 5.74) is -0.520. The van der Waals surface area contributed by atoms with E-state index in [4.69, 9.17) is 0 Å². The lowest BCUT2D eigenvalue weighted by Gasteiger charge is -2.41. The van der Waals surface area contributed by atoms with Crippen LogP contribution < -0.4 is 5.32 Å². The second-order valence-electron chi connectivity index (χ2n) is 7.27. The van der Waals surface area contributed by atoms with Gasteiger partial charge in [-0.05, 0) is 57.4 Å². The molecule has 1 saturated heterocycles. The van der Waals surface area contributed by atoms with E-state index in [1.165, 1.54) is 0 Å². The Bertz CT molecular complexity index is 338. The Hall–Kier alpha value is -0.610. The van der Waals surface area contributed by atoms with Gasteiger partial charge in [0.2, 0.25) is 5.91 Å². The molecule has 0 aromatic heterocycles. The average molecular weight is 296 g/mol. The van der Waals surface area contributed by atoms with Gasteiger partial charge in [0.05, 0.1) is 11.5 Å². The number of carbonyl (C=O) groups is 1. The van der Waals surface area contributed by atoms with Crippen molar-refractivity contribution in [3.05, 3.63) is 0 Å². The number of nitrogens with zero attached hydrogens (tertiary/aromatic N) is 1. The summed E-state index contributed by atoms with van der Waals surface area (Å²) in [4.78, 5) is 14.4. The van der Waals surface area contributed by atoms with Crippen LogP contribution in [-0.2, 0) is 4.79 Å². The molecule has 2 fully saturated rings. The zero-order valence-electron chi connectivity index (χ0n) is 13.7. The maximum atomic E-state index is 12.1. The number of hydrogen-bond donors (Lipinski definition) is 2. The summed E-state index contributed by atoms with van der Waals surface area (Å²) in [6.45, 7) is 7.71. The van der Waals surface area contributed by atoms with Gasteiger partial charge in [-0.2, -0.15) is 0 Å². The average Bonchev–Trinajstić information content (AvgIpc) is 2.48. The molecule has 1 amide bonds. The summed E-state index contributed by atoms with van der Waals surface area (Å²) in [7, 11) is 0. The quantitative estimate of drug-likeness (QED) is 0.817. The third kappa shape index (κ3) is 4.96. The molecule has 1 aliphatic carbocycles. The predicted molar refractivity (Wildman–Crippen MR) is 85.0 cm³/mol. The highest BCUT2D eigenvalue weighted by Gasteiger charge is 2.35. The van der Waals surface area contributed by atoms with Crippen LogP contribution in [-0.4, -0.2) is 47.7 Å². The molecule has 4 heteroatoms. The van der Waals surface area contributed by atoms with Crippen molar-refractivity contribution in [2.24, 2.45) is 11.8 Å². The third-order valence-corrected chi connectivity index (χ3v) is 5.15.